The van der Waals surface area contributed by atoms with E-state index in [2.05, 4.69) is 4.72 Å². The molecule has 1 atom stereocenters. The first-order valence-electron chi connectivity index (χ1n) is 3.39. The molecule has 0 saturated carbocycles. The molecule has 64 valence electrons. The third-order valence-electron chi connectivity index (χ3n) is 1.27. The van der Waals surface area contributed by atoms with Crippen molar-refractivity contribution < 1.29 is 9.00 Å². The van der Waals surface area contributed by atoms with Gasteiger partial charge in [-0.25, -0.2) is 4.21 Å². The number of rotatable bonds is 2. The number of carbonyl (C=O) groups excluding carboxylic acids is 1. The fraction of sp³-hybridized carbons (Fsp3) is 0.125. The Hall–Kier alpha value is -1.16. The van der Waals surface area contributed by atoms with Gasteiger partial charge in [0.05, 0.1) is 0 Å². The second-order valence-electron chi connectivity index (χ2n) is 2.25. The maximum Gasteiger partial charge on any atom is 0.262 e. The van der Waals surface area contributed by atoms with Gasteiger partial charge in [0.2, 0.25) is 0 Å². The van der Waals surface area contributed by atoms with E-state index in [1.165, 1.54) is 6.26 Å². The first-order valence-corrected chi connectivity index (χ1v) is 4.95. The summed E-state index contributed by atoms with van der Waals surface area (Å²) in [5.74, 6) is -0.309. The smallest absolute Gasteiger partial charge is 0.262 e. The van der Waals surface area contributed by atoms with E-state index in [1.807, 2.05) is 6.07 Å². The summed E-state index contributed by atoms with van der Waals surface area (Å²) in [5.41, 5.74) is 0.521. The lowest BCUT2D eigenvalue weighted by Gasteiger charge is -1.99. The average molecular weight is 183 g/mol. The van der Waals surface area contributed by atoms with Crippen LogP contribution < -0.4 is 4.72 Å². The van der Waals surface area contributed by atoms with Gasteiger partial charge in [-0.15, -0.1) is 0 Å². The Morgan fingerprint density at radius 2 is 1.92 bits per heavy atom. The van der Waals surface area contributed by atoms with Crippen LogP contribution in [0.25, 0.3) is 0 Å². The first kappa shape index (κ1) is 8.93. The minimum atomic E-state index is -1.30. The van der Waals surface area contributed by atoms with E-state index in [0.717, 1.165) is 0 Å². The highest BCUT2D eigenvalue weighted by molar-refractivity contribution is 7.82. The van der Waals surface area contributed by atoms with E-state index in [9.17, 15) is 9.00 Å². The molecule has 1 amide bonds. The van der Waals surface area contributed by atoms with Crippen molar-refractivity contribution in [3.8, 4) is 0 Å². The fourth-order valence-electron chi connectivity index (χ4n) is 0.779. The van der Waals surface area contributed by atoms with Crippen molar-refractivity contribution in [1.82, 2.24) is 4.72 Å². The minimum Gasteiger partial charge on any atom is -0.271 e. The van der Waals surface area contributed by atoms with Crippen LogP contribution in [0.5, 0.6) is 0 Å². The topological polar surface area (TPSA) is 46.2 Å². The Morgan fingerprint density at radius 1 is 1.33 bits per heavy atom. The first-order chi connectivity index (χ1) is 5.70. The molecule has 0 spiro atoms. The summed E-state index contributed by atoms with van der Waals surface area (Å²) in [6.45, 7) is 0. The molecule has 4 heteroatoms. The Morgan fingerprint density at radius 3 is 2.42 bits per heavy atom. The van der Waals surface area contributed by atoms with Gasteiger partial charge in [-0.05, 0) is 12.1 Å². The highest BCUT2D eigenvalue weighted by Gasteiger charge is 2.03. The number of hydrogen-bond donors (Lipinski definition) is 1. The molecule has 0 heterocycles. The van der Waals surface area contributed by atoms with E-state index in [1.54, 1.807) is 24.3 Å². The number of nitrogens with one attached hydrogen (secondary N) is 1. The molecule has 0 aliphatic carbocycles. The molecular weight excluding hydrogens is 174 g/mol. The number of benzene rings is 1. The molecule has 0 bridgehead atoms. The maximum absolute atomic E-state index is 11.2. The van der Waals surface area contributed by atoms with Crippen molar-refractivity contribution >= 4 is 16.9 Å². The lowest BCUT2D eigenvalue weighted by Crippen LogP contribution is -2.24. The highest BCUT2D eigenvalue weighted by atomic mass is 32.2. The fourth-order valence-corrected chi connectivity index (χ4v) is 1.16. The van der Waals surface area contributed by atoms with E-state index in [0.29, 0.717) is 5.56 Å². The van der Waals surface area contributed by atoms with Gasteiger partial charge in [0.15, 0.2) is 0 Å². The van der Waals surface area contributed by atoms with Crippen molar-refractivity contribution in [3.05, 3.63) is 35.9 Å². The van der Waals surface area contributed by atoms with Crippen LogP contribution in [-0.2, 0) is 11.0 Å². The van der Waals surface area contributed by atoms with Crippen LogP contribution in [0.15, 0.2) is 30.3 Å². The Bertz CT molecular complexity index is 297. The molecule has 3 nitrogen and oxygen atoms in total. The van der Waals surface area contributed by atoms with Crippen molar-refractivity contribution in [1.29, 1.82) is 0 Å². The van der Waals surface area contributed by atoms with Crippen LogP contribution in [0.4, 0.5) is 0 Å². The van der Waals surface area contributed by atoms with Gasteiger partial charge in [0.1, 0.15) is 11.0 Å². The summed E-state index contributed by atoms with van der Waals surface area (Å²) < 4.78 is 12.9. The van der Waals surface area contributed by atoms with Crippen molar-refractivity contribution in [2.24, 2.45) is 0 Å². The number of amides is 1. The standard InChI is InChI=1S/C8H9NO2S/c1-12(11)9-8(10)7-5-3-2-4-6-7/h2-6H,1H3,(H,9,10). The zero-order valence-electron chi connectivity index (χ0n) is 6.61. The van der Waals surface area contributed by atoms with E-state index < -0.39 is 11.0 Å². The molecule has 0 aliphatic rings. The summed E-state index contributed by atoms with van der Waals surface area (Å²) in [4.78, 5) is 11.2. The van der Waals surface area contributed by atoms with E-state index >= 15 is 0 Å². The van der Waals surface area contributed by atoms with Gasteiger partial charge in [-0.1, -0.05) is 18.2 Å². The molecule has 1 rings (SSSR count). The van der Waals surface area contributed by atoms with Gasteiger partial charge in [0, 0.05) is 11.8 Å². The van der Waals surface area contributed by atoms with Crippen LogP contribution >= 0.6 is 0 Å². The predicted molar refractivity (Wildman–Crippen MR) is 48.0 cm³/mol. The molecule has 0 fully saturated rings. The monoisotopic (exact) mass is 183 g/mol. The normalized spacial score (nSPS) is 12.1. The van der Waals surface area contributed by atoms with Gasteiger partial charge >= 0.3 is 0 Å². The maximum atomic E-state index is 11.2. The molecule has 0 aromatic heterocycles. The molecule has 1 N–H and O–H groups in total. The molecule has 12 heavy (non-hydrogen) atoms. The number of carbonyl (C=O) groups is 1. The van der Waals surface area contributed by atoms with Crippen molar-refractivity contribution in [2.75, 3.05) is 6.26 Å². The Kier molecular flexibility index (Phi) is 2.99. The van der Waals surface area contributed by atoms with E-state index in [4.69, 9.17) is 0 Å². The summed E-state index contributed by atoms with van der Waals surface area (Å²) in [7, 11) is -1.30. The molecule has 0 radical (unpaired) electrons. The molecule has 0 saturated heterocycles. The van der Waals surface area contributed by atoms with Crippen LogP contribution in [-0.4, -0.2) is 16.4 Å². The summed E-state index contributed by atoms with van der Waals surface area (Å²) in [5, 5.41) is 0. The molecule has 1 aromatic rings. The molecular formula is C8H9NO2S. The highest BCUT2D eigenvalue weighted by Crippen LogP contribution is 1.97. The molecule has 1 unspecified atom stereocenters. The van der Waals surface area contributed by atoms with Gasteiger partial charge in [-0.3, -0.25) is 9.52 Å². The number of hydrogen-bond acceptors (Lipinski definition) is 2. The summed E-state index contributed by atoms with van der Waals surface area (Å²) in [6.07, 6.45) is 1.42. The van der Waals surface area contributed by atoms with Crippen molar-refractivity contribution in [3.63, 3.8) is 0 Å². The summed E-state index contributed by atoms with van der Waals surface area (Å²) >= 11 is 0. The molecule has 1 aromatic carbocycles. The van der Waals surface area contributed by atoms with Crippen LogP contribution in [0.1, 0.15) is 10.4 Å². The van der Waals surface area contributed by atoms with Crippen LogP contribution in [0.3, 0.4) is 0 Å². The Balaban J connectivity index is 2.73. The van der Waals surface area contributed by atoms with Gasteiger partial charge < -0.3 is 0 Å². The van der Waals surface area contributed by atoms with Crippen molar-refractivity contribution in [2.45, 2.75) is 0 Å². The lowest BCUT2D eigenvalue weighted by molar-refractivity contribution is 0.0983. The van der Waals surface area contributed by atoms with Gasteiger partial charge in [0.25, 0.3) is 5.91 Å². The average Bonchev–Trinajstić information content (AvgIpc) is 2.05. The Labute approximate surface area is 73.4 Å². The SMILES string of the molecule is CS(=O)NC(=O)c1ccccc1. The second kappa shape index (κ2) is 4.01. The third-order valence-corrected chi connectivity index (χ3v) is 1.75. The third kappa shape index (κ3) is 2.47. The predicted octanol–water partition coefficient (Wildman–Crippen LogP) is 0.710. The second-order valence-corrected chi connectivity index (χ2v) is 3.36. The van der Waals surface area contributed by atoms with E-state index in [-0.39, 0.29) is 5.91 Å². The summed E-state index contributed by atoms with van der Waals surface area (Å²) in [6, 6.07) is 8.67. The van der Waals surface area contributed by atoms with Crippen LogP contribution in [0.2, 0.25) is 0 Å². The van der Waals surface area contributed by atoms with Gasteiger partial charge in [-0.2, -0.15) is 0 Å². The molecule has 0 aliphatic heterocycles. The zero-order valence-corrected chi connectivity index (χ0v) is 7.43. The quantitative estimate of drug-likeness (QED) is 0.734. The largest absolute Gasteiger partial charge is 0.271 e. The van der Waals surface area contributed by atoms with Crippen LogP contribution in [0, 0.1) is 0 Å². The zero-order chi connectivity index (χ0) is 8.97. The minimum absolute atomic E-state index is 0.309. The lowest BCUT2D eigenvalue weighted by atomic mass is 10.2.